The van der Waals surface area contributed by atoms with Gasteiger partial charge in [0.25, 0.3) is 10.0 Å². The van der Waals surface area contributed by atoms with Gasteiger partial charge >= 0.3 is 0 Å². The van der Waals surface area contributed by atoms with Crippen molar-refractivity contribution >= 4 is 15.7 Å². The molecule has 0 aliphatic carbocycles. The fourth-order valence-electron chi connectivity index (χ4n) is 1.30. The van der Waals surface area contributed by atoms with Crippen molar-refractivity contribution in [1.82, 2.24) is 15.2 Å². The molecule has 0 spiro atoms. The number of hydrogen-bond donors (Lipinski definition) is 2. The van der Waals surface area contributed by atoms with Crippen LogP contribution < -0.4 is 4.72 Å². The van der Waals surface area contributed by atoms with Crippen LogP contribution in [-0.4, -0.2) is 23.6 Å². The van der Waals surface area contributed by atoms with Crippen LogP contribution >= 0.6 is 0 Å². The lowest BCUT2D eigenvalue weighted by molar-refractivity contribution is 0.515. The molecule has 6 nitrogen and oxygen atoms in total. The van der Waals surface area contributed by atoms with Crippen LogP contribution in [0.4, 0.5) is 14.5 Å². The summed E-state index contributed by atoms with van der Waals surface area (Å²) in [4.78, 5) is 2.76. The Hall–Kier alpha value is -2.03. The van der Waals surface area contributed by atoms with Gasteiger partial charge in [-0.1, -0.05) is 0 Å². The maximum absolute atomic E-state index is 13.2. The summed E-state index contributed by atoms with van der Waals surface area (Å²) >= 11 is 0. The normalized spacial score (nSPS) is 11.5. The van der Waals surface area contributed by atoms with Gasteiger partial charge in [0.05, 0.1) is 11.9 Å². The third-order valence-electron chi connectivity index (χ3n) is 2.13. The van der Waals surface area contributed by atoms with E-state index in [1.807, 2.05) is 4.72 Å². The lowest BCUT2D eigenvalue weighted by Gasteiger charge is -2.07. The Morgan fingerprint density at radius 2 is 2.06 bits per heavy atom. The molecule has 96 valence electrons. The lowest BCUT2D eigenvalue weighted by atomic mass is 10.4. The molecule has 0 bridgehead atoms. The van der Waals surface area contributed by atoms with Crippen molar-refractivity contribution in [3.05, 3.63) is 35.9 Å². The third-order valence-corrected chi connectivity index (χ3v) is 3.61. The molecule has 9 heteroatoms. The Labute approximate surface area is 101 Å². The molecule has 2 N–H and O–H groups in total. The molecule has 0 aliphatic heterocycles. The van der Waals surface area contributed by atoms with Crippen molar-refractivity contribution in [2.75, 3.05) is 4.72 Å². The average Bonchev–Trinajstić information content (AvgIpc) is 2.69. The minimum Gasteiger partial charge on any atom is -0.281 e. The predicted octanol–water partition coefficient (Wildman–Crippen LogP) is 1.19. The number of H-pyrrole nitrogens is 1. The molecule has 0 amide bonds. The van der Waals surface area contributed by atoms with Gasteiger partial charge in [0.15, 0.2) is 0 Å². The minimum atomic E-state index is -3.98. The largest absolute Gasteiger partial charge is 0.281 e. The van der Waals surface area contributed by atoms with Gasteiger partial charge in [-0.3, -0.25) is 9.82 Å². The van der Waals surface area contributed by atoms with Crippen molar-refractivity contribution in [3.8, 4) is 0 Å². The molecule has 0 radical (unpaired) electrons. The van der Waals surface area contributed by atoms with E-state index >= 15 is 0 Å². The number of aromatic amines is 1. The van der Waals surface area contributed by atoms with E-state index < -0.39 is 27.6 Å². The Morgan fingerprint density at radius 1 is 1.33 bits per heavy atom. The molecule has 0 aliphatic rings. The molecule has 2 rings (SSSR count). The molecule has 18 heavy (non-hydrogen) atoms. The Bertz CT molecular complexity index is 684. The van der Waals surface area contributed by atoms with Gasteiger partial charge in [-0.25, -0.2) is 8.42 Å². The molecule has 0 unspecified atom stereocenters. The molecule has 0 atom stereocenters. The number of hydrogen-bond acceptors (Lipinski definition) is 4. The Kier molecular flexibility index (Phi) is 2.99. The van der Waals surface area contributed by atoms with Crippen molar-refractivity contribution in [1.29, 1.82) is 0 Å². The van der Waals surface area contributed by atoms with Crippen LogP contribution in [0.3, 0.4) is 0 Å². The summed E-state index contributed by atoms with van der Waals surface area (Å²) in [5.74, 6) is -2.27. The van der Waals surface area contributed by atoms with E-state index in [1.165, 1.54) is 6.92 Å². The minimum absolute atomic E-state index is 0.119. The zero-order valence-electron chi connectivity index (χ0n) is 9.11. The molecule has 0 saturated heterocycles. The molecule has 0 aromatic carbocycles. The van der Waals surface area contributed by atoms with Crippen LogP contribution in [0.15, 0.2) is 23.2 Å². The van der Waals surface area contributed by atoms with E-state index in [9.17, 15) is 17.2 Å². The van der Waals surface area contributed by atoms with Crippen molar-refractivity contribution in [3.63, 3.8) is 0 Å². The van der Waals surface area contributed by atoms with Gasteiger partial charge in [0.2, 0.25) is 11.9 Å². The first-order valence-electron chi connectivity index (χ1n) is 4.75. The smallest absolute Gasteiger partial charge is 0.265 e. The van der Waals surface area contributed by atoms with E-state index in [2.05, 4.69) is 15.2 Å². The van der Waals surface area contributed by atoms with Crippen molar-refractivity contribution in [2.24, 2.45) is 0 Å². The SMILES string of the molecule is Cc1[nH]ncc1S(=O)(=O)Nc1ccc(F)nc1F. The highest BCUT2D eigenvalue weighted by Gasteiger charge is 2.20. The first-order valence-corrected chi connectivity index (χ1v) is 6.23. The fraction of sp³-hybridized carbons (Fsp3) is 0.111. The second kappa shape index (κ2) is 4.33. The van der Waals surface area contributed by atoms with E-state index in [0.717, 1.165) is 18.3 Å². The molecule has 2 aromatic heterocycles. The summed E-state index contributed by atoms with van der Waals surface area (Å²) in [5.41, 5.74) is -0.130. The van der Waals surface area contributed by atoms with Crippen LogP contribution in [0.25, 0.3) is 0 Å². The number of aryl methyl sites for hydroxylation is 1. The zero-order valence-corrected chi connectivity index (χ0v) is 9.92. The number of pyridine rings is 1. The molecular formula is C9H8F2N4O2S. The topological polar surface area (TPSA) is 87.7 Å². The molecular weight excluding hydrogens is 266 g/mol. The Balaban J connectivity index is 2.37. The first-order chi connectivity index (χ1) is 8.40. The maximum atomic E-state index is 13.2. The second-order valence-corrected chi connectivity index (χ2v) is 5.09. The van der Waals surface area contributed by atoms with Crippen LogP contribution in [0.5, 0.6) is 0 Å². The zero-order chi connectivity index (χ0) is 13.3. The van der Waals surface area contributed by atoms with Crippen LogP contribution in [0.1, 0.15) is 5.69 Å². The van der Waals surface area contributed by atoms with Crippen LogP contribution in [0.2, 0.25) is 0 Å². The van der Waals surface area contributed by atoms with Crippen LogP contribution in [0, 0.1) is 18.8 Å². The van der Waals surface area contributed by atoms with Gasteiger partial charge in [-0.15, -0.1) is 0 Å². The highest BCUT2D eigenvalue weighted by atomic mass is 32.2. The fourth-order valence-corrected chi connectivity index (χ4v) is 2.49. The standard InChI is InChI=1S/C9H8F2N4O2S/c1-5-7(4-12-14-5)18(16,17)15-6-2-3-8(10)13-9(6)11/h2-4,15H,1H3,(H,12,14). The predicted molar refractivity (Wildman–Crippen MR) is 58.3 cm³/mol. The van der Waals surface area contributed by atoms with Crippen LogP contribution in [-0.2, 0) is 10.0 Å². The van der Waals surface area contributed by atoms with Gasteiger partial charge in [-0.05, 0) is 19.1 Å². The molecule has 0 fully saturated rings. The number of sulfonamides is 1. The average molecular weight is 274 g/mol. The number of rotatable bonds is 3. The van der Waals surface area contributed by atoms with Gasteiger partial charge < -0.3 is 0 Å². The highest BCUT2D eigenvalue weighted by molar-refractivity contribution is 7.92. The number of nitrogens with zero attached hydrogens (tertiary/aromatic N) is 2. The highest BCUT2D eigenvalue weighted by Crippen LogP contribution is 2.19. The molecule has 0 saturated carbocycles. The summed E-state index contributed by atoms with van der Waals surface area (Å²) in [7, 11) is -3.98. The van der Waals surface area contributed by atoms with Gasteiger partial charge in [0, 0.05) is 0 Å². The number of anilines is 1. The summed E-state index contributed by atoms with van der Waals surface area (Å²) in [6.07, 6.45) is 1.09. The van der Waals surface area contributed by atoms with E-state index in [1.54, 1.807) is 0 Å². The monoisotopic (exact) mass is 274 g/mol. The van der Waals surface area contributed by atoms with Gasteiger partial charge in [-0.2, -0.15) is 18.9 Å². The number of halogens is 2. The van der Waals surface area contributed by atoms with E-state index in [-0.39, 0.29) is 4.90 Å². The molecule has 2 aromatic rings. The number of aromatic nitrogens is 3. The maximum Gasteiger partial charge on any atom is 0.265 e. The van der Waals surface area contributed by atoms with Gasteiger partial charge in [0.1, 0.15) is 10.6 Å². The summed E-state index contributed by atoms with van der Waals surface area (Å²) in [6.45, 7) is 1.50. The Morgan fingerprint density at radius 3 is 2.61 bits per heavy atom. The quantitative estimate of drug-likeness (QED) is 0.823. The van der Waals surface area contributed by atoms with E-state index in [4.69, 9.17) is 0 Å². The number of nitrogens with one attached hydrogen (secondary N) is 2. The summed E-state index contributed by atoms with van der Waals surface area (Å²) in [6, 6.07) is 1.80. The summed E-state index contributed by atoms with van der Waals surface area (Å²) < 4.78 is 51.5. The van der Waals surface area contributed by atoms with E-state index in [0.29, 0.717) is 5.69 Å². The second-order valence-electron chi connectivity index (χ2n) is 3.44. The van der Waals surface area contributed by atoms with Crippen molar-refractivity contribution in [2.45, 2.75) is 11.8 Å². The third kappa shape index (κ3) is 2.30. The summed E-state index contributed by atoms with van der Waals surface area (Å²) in [5, 5.41) is 6.00. The lowest BCUT2D eigenvalue weighted by Crippen LogP contribution is -2.15. The van der Waals surface area contributed by atoms with Crippen molar-refractivity contribution < 1.29 is 17.2 Å². The first kappa shape index (κ1) is 12.4. The molecule has 2 heterocycles.